The van der Waals surface area contributed by atoms with Crippen molar-refractivity contribution in [1.29, 1.82) is 0 Å². The van der Waals surface area contributed by atoms with Crippen LogP contribution in [0, 0.1) is 6.92 Å². The largest absolute Gasteiger partial charge is 0.376 e. The maximum absolute atomic E-state index is 12.9. The van der Waals surface area contributed by atoms with Crippen molar-refractivity contribution in [3.05, 3.63) is 21.9 Å². The lowest BCUT2D eigenvalue weighted by molar-refractivity contribution is -0.131. The van der Waals surface area contributed by atoms with Crippen LogP contribution in [0.15, 0.2) is 11.4 Å². The Morgan fingerprint density at radius 3 is 2.74 bits per heavy atom. The zero-order valence-electron chi connectivity index (χ0n) is 13.6. The van der Waals surface area contributed by atoms with Crippen molar-refractivity contribution in [3.63, 3.8) is 0 Å². The van der Waals surface area contributed by atoms with E-state index in [1.54, 1.807) is 4.90 Å². The van der Waals surface area contributed by atoms with Gasteiger partial charge in [-0.15, -0.1) is 11.3 Å². The van der Waals surface area contributed by atoms with Gasteiger partial charge in [0, 0.05) is 26.2 Å². The van der Waals surface area contributed by atoms with Gasteiger partial charge in [0.05, 0.1) is 11.0 Å². The van der Waals surface area contributed by atoms with E-state index in [1.807, 2.05) is 23.3 Å². The van der Waals surface area contributed by atoms with Crippen molar-refractivity contribution in [2.45, 2.75) is 38.7 Å². The van der Waals surface area contributed by atoms with Gasteiger partial charge < -0.3 is 14.5 Å². The third-order valence-corrected chi connectivity index (χ3v) is 5.58. The summed E-state index contributed by atoms with van der Waals surface area (Å²) in [5.74, 6) is 0.0172. The molecule has 1 atom stereocenters. The van der Waals surface area contributed by atoms with Gasteiger partial charge in [-0.25, -0.2) is 0 Å². The Balaban J connectivity index is 1.71. The molecule has 2 aliphatic heterocycles. The Hall–Kier alpha value is -1.40. The Morgan fingerprint density at radius 1 is 1.35 bits per heavy atom. The molecule has 5 nitrogen and oxygen atoms in total. The second-order valence-corrected chi connectivity index (χ2v) is 7.26. The molecule has 0 spiro atoms. The van der Waals surface area contributed by atoms with Crippen LogP contribution in [0.4, 0.5) is 0 Å². The van der Waals surface area contributed by atoms with E-state index in [0.717, 1.165) is 55.8 Å². The van der Waals surface area contributed by atoms with E-state index in [4.69, 9.17) is 4.74 Å². The van der Waals surface area contributed by atoms with Gasteiger partial charge in [-0.3, -0.25) is 9.59 Å². The van der Waals surface area contributed by atoms with Gasteiger partial charge in [-0.05, 0) is 49.6 Å². The lowest BCUT2D eigenvalue weighted by Gasteiger charge is -2.27. The van der Waals surface area contributed by atoms with Gasteiger partial charge in [0.15, 0.2) is 0 Å². The van der Waals surface area contributed by atoms with Crippen molar-refractivity contribution in [2.24, 2.45) is 0 Å². The van der Waals surface area contributed by atoms with Crippen molar-refractivity contribution >= 4 is 23.2 Å². The van der Waals surface area contributed by atoms with Gasteiger partial charge in [0.25, 0.3) is 5.91 Å². The molecule has 0 radical (unpaired) electrons. The van der Waals surface area contributed by atoms with E-state index < -0.39 is 0 Å². The van der Waals surface area contributed by atoms with E-state index in [0.29, 0.717) is 6.54 Å². The minimum atomic E-state index is -0.0412. The van der Waals surface area contributed by atoms with E-state index in [1.165, 1.54) is 11.3 Å². The predicted octanol–water partition coefficient (Wildman–Crippen LogP) is 2.30. The highest BCUT2D eigenvalue weighted by Crippen LogP contribution is 2.21. The average Bonchev–Trinajstić information content (AvgIpc) is 3.28. The summed E-state index contributed by atoms with van der Waals surface area (Å²) >= 11 is 1.45. The second kappa shape index (κ2) is 7.45. The van der Waals surface area contributed by atoms with Crippen LogP contribution in [0.3, 0.4) is 0 Å². The number of hydrogen-bond acceptors (Lipinski definition) is 4. The molecule has 0 aromatic carbocycles. The third-order valence-electron chi connectivity index (χ3n) is 4.58. The fraction of sp³-hybridized carbons (Fsp3) is 0.647. The van der Waals surface area contributed by atoms with Gasteiger partial charge in [0.1, 0.15) is 6.54 Å². The summed E-state index contributed by atoms with van der Waals surface area (Å²) in [5, 5.41) is 1.93. The molecular weight excluding hydrogens is 312 g/mol. The lowest BCUT2D eigenvalue weighted by atomic mass is 10.2. The molecule has 2 saturated heterocycles. The highest BCUT2D eigenvalue weighted by atomic mass is 32.1. The molecule has 0 unspecified atom stereocenters. The number of carbonyl (C=O) groups excluding carboxylic acids is 2. The molecule has 2 amide bonds. The first kappa shape index (κ1) is 16.5. The zero-order chi connectivity index (χ0) is 16.2. The van der Waals surface area contributed by atoms with Gasteiger partial charge in [-0.2, -0.15) is 0 Å². The molecule has 2 fully saturated rings. The summed E-state index contributed by atoms with van der Waals surface area (Å²) in [7, 11) is 0. The van der Waals surface area contributed by atoms with Gasteiger partial charge >= 0.3 is 0 Å². The van der Waals surface area contributed by atoms with Crippen molar-refractivity contribution in [3.8, 4) is 0 Å². The summed E-state index contributed by atoms with van der Waals surface area (Å²) in [6.07, 6.45) is 4.19. The molecule has 3 rings (SSSR count). The molecule has 1 aromatic rings. The Labute approximate surface area is 141 Å². The first-order chi connectivity index (χ1) is 11.1. The van der Waals surface area contributed by atoms with Crippen LogP contribution in [0.25, 0.3) is 0 Å². The molecule has 23 heavy (non-hydrogen) atoms. The van der Waals surface area contributed by atoms with Crippen LogP contribution in [0.1, 0.15) is 40.9 Å². The summed E-state index contributed by atoms with van der Waals surface area (Å²) in [5.41, 5.74) is 0.978. The average molecular weight is 336 g/mol. The predicted molar refractivity (Wildman–Crippen MR) is 89.7 cm³/mol. The summed E-state index contributed by atoms with van der Waals surface area (Å²) in [4.78, 5) is 29.7. The normalized spacial score (nSPS) is 20.9. The van der Waals surface area contributed by atoms with Crippen LogP contribution in [0.2, 0.25) is 0 Å². The van der Waals surface area contributed by atoms with E-state index in [-0.39, 0.29) is 24.5 Å². The van der Waals surface area contributed by atoms with Crippen LogP contribution >= 0.6 is 11.3 Å². The second-order valence-electron chi connectivity index (χ2n) is 6.34. The van der Waals surface area contributed by atoms with Gasteiger partial charge in [0.2, 0.25) is 5.91 Å². The minimum Gasteiger partial charge on any atom is -0.376 e. The van der Waals surface area contributed by atoms with E-state index in [2.05, 4.69) is 0 Å². The number of ether oxygens (including phenoxy) is 1. The highest BCUT2D eigenvalue weighted by Gasteiger charge is 2.28. The standard InChI is InChI=1S/C17H24N2O3S/c1-13-6-10-23-16(13)17(21)19(11-14-5-4-9-22-14)12-15(20)18-7-2-3-8-18/h6,10,14H,2-5,7-9,11-12H2,1H3/t14-/m1/s1. The number of nitrogens with zero attached hydrogens (tertiary/aromatic N) is 2. The molecule has 0 bridgehead atoms. The number of amides is 2. The summed E-state index contributed by atoms with van der Waals surface area (Å²) in [6.45, 7) is 5.00. The monoisotopic (exact) mass is 336 g/mol. The molecule has 1 aromatic heterocycles. The maximum Gasteiger partial charge on any atom is 0.264 e. The Kier molecular flexibility index (Phi) is 5.33. The summed E-state index contributed by atoms with van der Waals surface area (Å²) in [6, 6.07) is 1.95. The molecule has 0 saturated carbocycles. The fourth-order valence-electron chi connectivity index (χ4n) is 3.22. The van der Waals surface area contributed by atoms with Crippen LogP contribution in [-0.4, -0.2) is 60.5 Å². The van der Waals surface area contributed by atoms with Crippen molar-refractivity contribution in [1.82, 2.24) is 9.80 Å². The van der Waals surface area contributed by atoms with Crippen molar-refractivity contribution in [2.75, 3.05) is 32.8 Å². The number of likely N-dealkylation sites (tertiary alicyclic amines) is 1. The maximum atomic E-state index is 12.9. The highest BCUT2D eigenvalue weighted by molar-refractivity contribution is 7.12. The van der Waals surface area contributed by atoms with Crippen LogP contribution < -0.4 is 0 Å². The molecule has 2 aliphatic rings. The first-order valence-electron chi connectivity index (χ1n) is 8.38. The molecule has 126 valence electrons. The van der Waals surface area contributed by atoms with Crippen LogP contribution in [-0.2, 0) is 9.53 Å². The number of thiophene rings is 1. The minimum absolute atomic E-state index is 0.0412. The quantitative estimate of drug-likeness (QED) is 0.829. The lowest BCUT2D eigenvalue weighted by Crippen LogP contribution is -2.44. The SMILES string of the molecule is Cc1ccsc1C(=O)N(CC(=O)N1CCCC1)C[C@H]1CCCO1. The Bertz CT molecular complexity index is 560. The molecule has 6 heteroatoms. The smallest absolute Gasteiger partial charge is 0.264 e. The third kappa shape index (κ3) is 3.93. The molecule has 0 aliphatic carbocycles. The number of aryl methyl sites for hydroxylation is 1. The van der Waals surface area contributed by atoms with Gasteiger partial charge in [-0.1, -0.05) is 0 Å². The Morgan fingerprint density at radius 2 is 2.13 bits per heavy atom. The number of carbonyl (C=O) groups is 2. The van der Waals surface area contributed by atoms with E-state index in [9.17, 15) is 9.59 Å². The first-order valence-corrected chi connectivity index (χ1v) is 9.26. The van der Waals surface area contributed by atoms with Crippen molar-refractivity contribution < 1.29 is 14.3 Å². The topological polar surface area (TPSA) is 49.9 Å². The number of hydrogen-bond donors (Lipinski definition) is 0. The molecular formula is C17H24N2O3S. The zero-order valence-corrected chi connectivity index (χ0v) is 14.4. The summed E-state index contributed by atoms with van der Waals surface area (Å²) < 4.78 is 5.67. The molecule has 3 heterocycles. The fourth-order valence-corrected chi connectivity index (χ4v) is 4.11. The number of rotatable bonds is 5. The van der Waals surface area contributed by atoms with E-state index >= 15 is 0 Å². The van der Waals surface area contributed by atoms with Crippen LogP contribution in [0.5, 0.6) is 0 Å². The molecule has 0 N–H and O–H groups in total.